The van der Waals surface area contributed by atoms with E-state index in [1.807, 2.05) is 0 Å². The normalized spacial score (nSPS) is 22.1. The van der Waals surface area contributed by atoms with Crippen LogP contribution in [0.4, 0.5) is 0 Å². The molecule has 4 heteroatoms. The first-order valence-electron chi connectivity index (χ1n) is 20.5. The Balaban J connectivity index is 0.000000227. The van der Waals surface area contributed by atoms with Gasteiger partial charge in [-0.2, -0.15) is 12.1 Å². The molecule has 0 N–H and O–H groups in total. The SMILES string of the molecule is CC(C)(C)c1ccc(-c2cccc3[cH-]c(C4CCCCC4)cc23)cc1.Cc1cc2c(-c3ccc(C45CC6CC(CC(C6)C4)C5)cc3)cccc2[cH-]1.Cl.Cl.[CH3-].[CH3-].[Si]=[Zr]. The number of aryl methyl sites for hydroxylation is 1. The van der Waals surface area contributed by atoms with Gasteiger partial charge in [-0.25, -0.2) is 0 Å². The van der Waals surface area contributed by atoms with Crippen LogP contribution in [0.15, 0.2) is 109 Å². The Hall–Kier alpha value is -2.22. The van der Waals surface area contributed by atoms with Crippen molar-refractivity contribution < 1.29 is 23.3 Å². The summed E-state index contributed by atoms with van der Waals surface area (Å²) in [5.41, 5.74) is 12.1. The van der Waals surface area contributed by atoms with E-state index in [1.54, 1.807) is 11.1 Å². The minimum atomic E-state index is 0. The third-order valence-electron chi connectivity index (χ3n) is 13.7. The molecule has 0 aromatic heterocycles. The third-order valence-corrected chi connectivity index (χ3v) is 13.7. The molecule has 2 radical (unpaired) electrons. The van der Waals surface area contributed by atoms with E-state index >= 15 is 0 Å². The predicted molar refractivity (Wildman–Crippen MR) is 252 cm³/mol. The van der Waals surface area contributed by atoms with E-state index in [2.05, 4.69) is 144 Å². The fraction of sp³-hybridized carbons (Fsp3) is 0.396. The monoisotopic (exact) mass is 888 g/mol. The quantitative estimate of drug-likeness (QED) is 0.122. The molecule has 5 aliphatic carbocycles. The number of hydrogen-bond acceptors (Lipinski definition) is 0. The second-order valence-corrected chi connectivity index (χ2v) is 18.4. The number of benzene rings is 4. The summed E-state index contributed by atoms with van der Waals surface area (Å²) in [5, 5.41) is 5.59. The van der Waals surface area contributed by atoms with Gasteiger partial charge in [0, 0.05) is 0 Å². The van der Waals surface area contributed by atoms with Crippen molar-refractivity contribution in [2.24, 2.45) is 17.8 Å². The van der Waals surface area contributed by atoms with Crippen LogP contribution in [-0.2, 0) is 34.2 Å². The molecule has 5 fully saturated rings. The summed E-state index contributed by atoms with van der Waals surface area (Å²) in [5.74, 6) is 3.82. The minimum absolute atomic E-state index is 0. The molecule has 57 heavy (non-hydrogen) atoms. The zero-order valence-corrected chi connectivity index (χ0v) is 40.4. The Kier molecular flexibility index (Phi) is 16.6. The van der Waals surface area contributed by atoms with Crippen LogP contribution in [0.1, 0.15) is 120 Å². The van der Waals surface area contributed by atoms with Gasteiger partial charge in [0.15, 0.2) is 0 Å². The zero-order chi connectivity index (χ0) is 36.7. The number of hydrogen-bond donors (Lipinski definition) is 0. The fourth-order valence-electron chi connectivity index (χ4n) is 11.4. The molecule has 0 spiro atoms. The standard InChI is InChI=1S/C26H27.C25H29.2CH3.2ClH.Si.Zr/c1-17-9-22-3-2-4-24(25(22)10-17)21-5-7-23(8-6-21)26-14-18-11-19(15-26)13-20(12-18)16-26;1-25(2,3)22-14-12-19(13-15-22)23-11-7-10-20-16-21(17-24(20)23)18-8-5-4-6-9-18;;;;;;/h2-10,18-20H,11-16H2,1H3;7,10-18H,4-6,8-9H2,1-3H3;2*1H3;2*1H;;/q4*-1;;;;. The molecule has 5 aliphatic rings. The van der Waals surface area contributed by atoms with Crippen molar-refractivity contribution in [1.29, 1.82) is 0 Å². The zero-order valence-electron chi connectivity index (χ0n) is 35.3. The summed E-state index contributed by atoms with van der Waals surface area (Å²) >= 11 is 1.36. The van der Waals surface area contributed by atoms with E-state index in [0.717, 1.165) is 23.7 Å². The van der Waals surface area contributed by atoms with Gasteiger partial charge < -0.3 is 14.9 Å². The van der Waals surface area contributed by atoms with E-state index in [9.17, 15) is 0 Å². The summed E-state index contributed by atoms with van der Waals surface area (Å²) < 4.78 is 0. The first kappa shape index (κ1) is 47.5. The molecule has 302 valence electrons. The predicted octanol–water partition coefficient (Wildman–Crippen LogP) is 15.9. The van der Waals surface area contributed by atoms with Gasteiger partial charge in [0.05, 0.1) is 0 Å². The molecular weight excluding hydrogens is 827 g/mol. The number of halogens is 2. The average Bonchev–Trinajstić information content (AvgIpc) is 3.79. The topological polar surface area (TPSA) is 0 Å². The molecule has 0 saturated heterocycles. The Bertz CT molecular complexity index is 2140. The molecule has 11 rings (SSSR count). The van der Waals surface area contributed by atoms with Gasteiger partial charge in [0.25, 0.3) is 0 Å². The molecule has 0 aliphatic heterocycles. The average molecular weight is 891 g/mol. The molecule has 0 unspecified atom stereocenters. The maximum atomic E-state index is 3.06. The van der Waals surface area contributed by atoms with Crippen molar-refractivity contribution in [3.63, 3.8) is 0 Å². The maximum absolute atomic E-state index is 3.06. The van der Waals surface area contributed by atoms with Crippen molar-refractivity contribution in [1.82, 2.24) is 0 Å². The summed E-state index contributed by atoms with van der Waals surface area (Å²) in [6, 6.07) is 41.9. The van der Waals surface area contributed by atoms with Gasteiger partial charge in [0.1, 0.15) is 0 Å². The molecule has 6 aromatic carbocycles. The summed E-state index contributed by atoms with van der Waals surface area (Å²) in [4.78, 5) is 0. The molecule has 0 nitrogen and oxygen atoms in total. The Morgan fingerprint density at radius 2 is 1.09 bits per heavy atom. The first-order valence-corrected chi connectivity index (χ1v) is 24.7. The molecular formula is C53H64Cl2SiZr-4. The Labute approximate surface area is 375 Å². The fourth-order valence-corrected chi connectivity index (χ4v) is 11.4. The van der Waals surface area contributed by atoms with Crippen molar-refractivity contribution >= 4 is 53.2 Å². The van der Waals surface area contributed by atoms with Crippen molar-refractivity contribution in [2.45, 2.75) is 115 Å². The summed E-state index contributed by atoms with van der Waals surface area (Å²) in [7, 11) is 0. The van der Waals surface area contributed by atoms with Gasteiger partial charge >= 0.3 is 30.2 Å². The van der Waals surface area contributed by atoms with Crippen LogP contribution in [0.25, 0.3) is 43.8 Å². The van der Waals surface area contributed by atoms with Crippen molar-refractivity contribution in [3.8, 4) is 22.3 Å². The van der Waals surface area contributed by atoms with Gasteiger partial charge in [-0.3, -0.25) is 0 Å². The summed E-state index contributed by atoms with van der Waals surface area (Å²) in [6.07, 6.45) is 15.9. The van der Waals surface area contributed by atoms with Crippen LogP contribution in [0.3, 0.4) is 0 Å². The molecule has 0 amide bonds. The summed E-state index contributed by atoms with van der Waals surface area (Å²) in [6.45, 7) is 12.1. The van der Waals surface area contributed by atoms with Gasteiger partial charge in [0.2, 0.25) is 0 Å². The van der Waals surface area contributed by atoms with Crippen LogP contribution in [0.2, 0.25) is 0 Å². The van der Waals surface area contributed by atoms with Crippen LogP contribution in [0.5, 0.6) is 0 Å². The Morgan fingerprint density at radius 3 is 1.60 bits per heavy atom. The van der Waals surface area contributed by atoms with E-state index in [1.165, 1.54) is 149 Å². The van der Waals surface area contributed by atoms with E-state index in [4.69, 9.17) is 0 Å². The number of rotatable bonds is 4. The van der Waals surface area contributed by atoms with Crippen LogP contribution >= 0.6 is 24.8 Å². The first-order chi connectivity index (χ1) is 25.7. The molecule has 5 saturated carbocycles. The van der Waals surface area contributed by atoms with Gasteiger partial charge in [-0.15, -0.1) is 93.9 Å². The number of fused-ring (bicyclic) bond motifs is 2. The van der Waals surface area contributed by atoms with E-state index in [-0.39, 0.29) is 45.1 Å². The molecule has 4 bridgehead atoms. The van der Waals surface area contributed by atoms with Crippen LogP contribution in [-0.4, -0.2) is 6.88 Å². The molecule has 6 aromatic rings. The van der Waals surface area contributed by atoms with Gasteiger partial charge in [-0.05, 0) is 108 Å². The second kappa shape index (κ2) is 19.9. The second-order valence-electron chi connectivity index (χ2n) is 18.4. The van der Waals surface area contributed by atoms with Crippen molar-refractivity contribution in [2.75, 3.05) is 0 Å². The van der Waals surface area contributed by atoms with E-state index < -0.39 is 0 Å². The molecule has 0 heterocycles. The third kappa shape index (κ3) is 9.88. The van der Waals surface area contributed by atoms with Gasteiger partial charge in [-0.1, -0.05) is 119 Å². The van der Waals surface area contributed by atoms with Crippen LogP contribution < -0.4 is 0 Å². The van der Waals surface area contributed by atoms with E-state index in [0.29, 0.717) is 5.41 Å². The van der Waals surface area contributed by atoms with Crippen LogP contribution in [0, 0.1) is 39.5 Å². The van der Waals surface area contributed by atoms with Crippen molar-refractivity contribution in [3.05, 3.63) is 146 Å². The Morgan fingerprint density at radius 1 is 0.614 bits per heavy atom. The molecule has 0 atom stereocenters.